The van der Waals surface area contributed by atoms with Crippen molar-refractivity contribution in [1.29, 1.82) is 0 Å². The van der Waals surface area contributed by atoms with Crippen molar-refractivity contribution in [3.63, 3.8) is 0 Å². The van der Waals surface area contributed by atoms with Gasteiger partial charge >= 0.3 is 96.4 Å². The summed E-state index contributed by atoms with van der Waals surface area (Å²) in [5.74, 6) is -2.47. The molecule has 24 nitrogen and oxygen atoms in total. The molecule has 758 valence electrons. The second kappa shape index (κ2) is 48.0. The second-order valence-electron chi connectivity index (χ2n) is 35.4. The van der Waals surface area contributed by atoms with Crippen molar-refractivity contribution in [3.8, 4) is 90.8 Å². The average molecular weight is 2870 g/mol. The number of imidazole rings is 5. The number of alkyl halides is 3. The average Bonchev–Trinajstić information content (AvgIpc) is 1.57. The molecule has 0 aliphatic rings. The summed E-state index contributed by atoms with van der Waals surface area (Å²) in [5, 5.41) is 17.0. The Morgan fingerprint density at radius 2 is 0.637 bits per heavy atom. The molecule has 0 aliphatic heterocycles. The predicted octanol–water partition coefficient (Wildman–Crippen LogP) is 21.0. The third kappa shape index (κ3) is 25.9. The fourth-order valence-electron chi connectivity index (χ4n) is 15.4. The maximum atomic E-state index is 14.1. The first-order chi connectivity index (χ1) is 67.0. The Morgan fingerprint density at radius 3 is 0.993 bits per heavy atom. The number of carboxylic acid groups (broad SMARTS) is 1. The van der Waals surface area contributed by atoms with Gasteiger partial charge < -0.3 is 47.3 Å². The summed E-state index contributed by atoms with van der Waals surface area (Å²) in [7, 11) is 9.51. The van der Waals surface area contributed by atoms with Gasteiger partial charge in [0.15, 0.2) is 0 Å². The van der Waals surface area contributed by atoms with Crippen LogP contribution in [0.2, 0.25) is 0 Å². The summed E-state index contributed by atoms with van der Waals surface area (Å²) in [6.45, 7) is 21.7. The fourth-order valence-corrected chi connectivity index (χ4v) is 15.4. The number of carboxylic acids is 1. The van der Waals surface area contributed by atoms with E-state index < -0.39 is 69.8 Å². The van der Waals surface area contributed by atoms with Gasteiger partial charge in [-0.1, -0.05) is 109 Å². The molecule has 19 aromatic rings. The van der Waals surface area contributed by atoms with Gasteiger partial charge in [0.25, 0.3) is 0 Å². The van der Waals surface area contributed by atoms with Crippen molar-refractivity contribution in [3.05, 3.63) is 414 Å². The maximum Gasteiger partial charge on any atom is 2.00 e. The predicted molar refractivity (Wildman–Crippen MR) is 510 cm³/mol. The summed E-state index contributed by atoms with van der Waals surface area (Å²) in [5.41, 5.74) is 8.66. The van der Waals surface area contributed by atoms with Gasteiger partial charge in [-0.3, -0.25) is 60.0 Å². The molecule has 4 aromatic carbocycles. The number of benzene rings is 4. The van der Waals surface area contributed by atoms with Gasteiger partial charge in [-0.2, -0.15) is 13.2 Å². The largest absolute Gasteiger partial charge is 2.00 e. The second-order valence-corrected chi connectivity index (χ2v) is 35.4. The molecule has 0 radical (unpaired) electrons. The number of hydrogen-bond donors (Lipinski definition) is 1. The van der Waals surface area contributed by atoms with Crippen molar-refractivity contribution < 1.29 is 155 Å². The Bertz CT molecular complexity index is 7520. The third-order valence-corrected chi connectivity index (χ3v) is 23.3. The fraction of sp³-hybridized carbons (Fsp3) is 0.204. The van der Waals surface area contributed by atoms with Crippen molar-refractivity contribution in [2.45, 2.75) is 109 Å². The van der Waals surface area contributed by atoms with E-state index in [0.29, 0.717) is 34.5 Å². The number of aromatic nitrogens is 22. The van der Waals surface area contributed by atoms with E-state index >= 15 is 0 Å². The quantitative estimate of drug-likeness (QED) is 0.0422. The monoisotopic (exact) mass is 2870 g/mol. The normalized spacial score (nSPS) is 11.4. The first-order valence-corrected chi connectivity index (χ1v) is 43.9. The zero-order chi connectivity index (χ0) is 101. The molecular weight excluding hydrogens is 2780 g/mol. The van der Waals surface area contributed by atoms with Crippen LogP contribution in [0.4, 0.5) is 39.5 Å². The topological polar surface area (TPSA) is 265 Å². The number of halogens is 9. The number of aryl methyl sites for hydroxylation is 6. The van der Waals surface area contributed by atoms with E-state index in [0.717, 1.165) is 109 Å². The van der Waals surface area contributed by atoms with Gasteiger partial charge in [-0.05, 0) is 135 Å². The molecule has 38 heteroatoms. The van der Waals surface area contributed by atoms with Gasteiger partial charge in [-0.15, -0.1) is 174 Å². The number of hydrogen-bond acceptors (Lipinski definition) is 16. The van der Waals surface area contributed by atoms with Gasteiger partial charge in [0, 0.05) is 125 Å². The zero-order valence-corrected chi connectivity index (χ0v) is 92.2. The molecule has 1 N–H and O–H groups in total. The van der Waals surface area contributed by atoms with Crippen LogP contribution in [-0.2, 0) is 174 Å². The van der Waals surface area contributed by atoms with Crippen LogP contribution in [0.25, 0.3) is 90.8 Å². The molecule has 0 saturated carbocycles. The molecule has 0 aliphatic carbocycles. The van der Waals surface area contributed by atoms with Gasteiger partial charge in [0.1, 0.15) is 53.0 Å². The van der Waals surface area contributed by atoms with Crippen LogP contribution in [-0.4, -0.2) is 118 Å². The van der Waals surface area contributed by atoms with Crippen LogP contribution >= 0.6 is 0 Å². The molecule has 15 aromatic heterocycles. The van der Waals surface area contributed by atoms with Crippen molar-refractivity contribution in [1.82, 2.24) is 107 Å². The summed E-state index contributed by atoms with van der Waals surface area (Å²) >= 11 is 0. The molecule has 0 atom stereocenters. The molecule has 19 rings (SSSR count). The van der Waals surface area contributed by atoms with E-state index in [2.05, 4.69) is 177 Å². The van der Waals surface area contributed by atoms with Crippen LogP contribution in [0.3, 0.4) is 0 Å². The zero-order valence-electron chi connectivity index (χ0n) is 80.8. The summed E-state index contributed by atoms with van der Waals surface area (Å²) in [4.78, 5) is 67.1. The van der Waals surface area contributed by atoms with Crippen molar-refractivity contribution in [2.24, 2.45) is 35.2 Å². The Balaban J connectivity index is 0.000000186. The van der Waals surface area contributed by atoms with Crippen molar-refractivity contribution in [2.75, 3.05) is 0 Å². The summed E-state index contributed by atoms with van der Waals surface area (Å²) in [6, 6.07) is 84.1. The Hall–Kier alpha value is -13.2. The SMILES string of the molecule is CC(C)(c1cccc(C(=O)O)n1)c1cccc(-c2[c-]cc(F)nc2F)n1.Cc1c[c-]n(-c2cccc(C(C)(C)c3cccc(-n4[c-]cc(C(F)(F)F)n4)n3)n2)n1.Cn1cc(-c2[c-]cc(F)nc2F)nc1C(C)(C)c1nc(-c2[c-]cc(F)nc2F)cn1C.Cn1cc(C(C)(C)c2cccc(-c3[c-]cccc3)n2)nc1-c1[c-]cccc1.Cn1cc(C(C)(C)c2cn(C)c(-c3[c-]cccc3)n2)nc1-c1[c-]cccc1.[Pt+2].[Pt+2].[Pt+2].[Pt+2].[Pt]. The van der Waals surface area contributed by atoms with Gasteiger partial charge in [0.05, 0.1) is 68.4 Å². The van der Waals surface area contributed by atoms with E-state index in [9.17, 15) is 44.3 Å². The van der Waals surface area contributed by atoms with Crippen LogP contribution in [0.1, 0.15) is 148 Å². The van der Waals surface area contributed by atoms with E-state index in [-0.39, 0.29) is 161 Å². The first-order valence-electron chi connectivity index (χ1n) is 43.9. The Labute approximate surface area is 909 Å². The minimum absolute atomic E-state index is 0. The molecule has 0 amide bonds. The van der Waals surface area contributed by atoms with E-state index in [1.807, 2.05) is 191 Å². The number of pyridine rings is 8. The molecule has 0 saturated heterocycles. The smallest absolute Gasteiger partial charge is 0.477 e. The Morgan fingerprint density at radius 1 is 0.308 bits per heavy atom. The molecule has 0 unspecified atom stereocenters. The molecule has 0 spiro atoms. The molecule has 0 bridgehead atoms. The van der Waals surface area contributed by atoms with Crippen LogP contribution in [0, 0.1) is 97.5 Å². The Kier molecular flexibility index (Phi) is 37.7. The number of rotatable bonds is 20. The number of aromatic carboxylic acids is 1. The van der Waals surface area contributed by atoms with Crippen molar-refractivity contribution >= 4 is 5.97 Å². The van der Waals surface area contributed by atoms with Crippen LogP contribution in [0.5, 0.6) is 0 Å². The number of nitrogens with zero attached hydrogens (tertiary/aromatic N) is 22. The minimum atomic E-state index is -4.54. The summed E-state index contributed by atoms with van der Waals surface area (Å²) < 4.78 is 132. The van der Waals surface area contributed by atoms with Gasteiger partial charge in [0.2, 0.25) is 0 Å². The molecule has 0 fully saturated rings. The molecule has 15 heterocycles. The molecule has 146 heavy (non-hydrogen) atoms. The molecular formula is C108H90F9N22O2Pt5-. The minimum Gasteiger partial charge on any atom is -0.477 e. The number of carbonyl (C=O) groups is 1. The van der Waals surface area contributed by atoms with Crippen LogP contribution in [0.15, 0.2) is 249 Å². The van der Waals surface area contributed by atoms with Gasteiger partial charge in [-0.25, -0.2) is 36.1 Å². The summed E-state index contributed by atoms with van der Waals surface area (Å²) in [6.07, 6.45) is 10.3. The third-order valence-electron chi connectivity index (χ3n) is 23.3. The maximum absolute atomic E-state index is 14.1. The standard InChI is InChI=1S/C24H21N3.C23H22N4.C21H16F4N6.C21H17F3N6.C19H14F2N3O2.5Pt/c1-24(2,21-16-10-15-20(25-21)18-11-6-4-7-12-18)22-17-27(3)23(26-22)19-13-8-5-9-14-19;1-23(2,19-15-26(3)21(24-19)17-11-7-5-8-12-17)20-16-27(4)22(25-20)18-13-9-6-10-14-18;1-21(2,19-26-13(9-30(19)3)11-5-7-15(22)28-17(11)24)20-27-14(10-31(20)4)12-6-8-16(23)29-18(12)25;1-14-10-12-29(27-14)18-8-4-6-15(25-18)20(2,3)16-7-5-9-19(26-16)30-13-11-17(28-30)21(22,23)24;1-19(2,15-8-4-6-13(23-15)18(25)26)14-7-3-5-12(22-14)11-9-10-16(20)24-17(11)21;;;;;/h4-11,13,15-17H,1-3H3;5-11,13,15-16H,1-4H3;7-10H,1-4H3;4-11H,1-3H3;3-8,10H,1-2H3,(H,25,26);;;;;/q4*-2;-1;;4*+2. The van der Waals surface area contributed by atoms with E-state index in [1.54, 1.807) is 94.9 Å². The van der Waals surface area contributed by atoms with E-state index in [4.69, 9.17) is 30.0 Å². The first kappa shape index (κ1) is 115. The van der Waals surface area contributed by atoms with E-state index in [1.165, 1.54) is 6.07 Å². The van der Waals surface area contributed by atoms with Crippen LogP contribution < -0.4 is 0 Å².